The highest BCUT2D eigenvalue weighted by Crippen LogP contribution is 2.46. The van der Waals surface area contributed by atoms with Crippen molar-refractivity contribution < 1.29 is 8.42 Å². The third-order valence-electron chi connectivity index (χ3n) is 7.00. The maximum Gasteiger partial charge on any atom is 0.207 e. The first-order valence-electron chi connectivity index (χ1n) is 12.1. The Morgan fingerprint density at radius 3 is 1.09 bits per heavy atom. The number of hydrogen-bond acceptors (Lipinski definition) is 2. The first-order chi connectivity index (χ1) is 16.4. The van der Waals surface area contributed by atoms with Crippen molar-refractivity contribution in [1.29, 1.82) is 0 Å². The highest BCUT2D eigenvalue weighted by molar-refractivity contribution is 7.92. The predicted octanol–water partition coefficient (Wildman–Crippen LogP) is 8.43. The Kier molecular flexibility index (Phi) is 5.34. The molecule has 0 spiro atoms. The number of benzene rings is 4. The van der Waals surface area contributed by atoms with Crippen molar-refractivity contribution in [2.75, 3.05) is 0 Å². The fraction of sp³-hybridized carbons (Fsp3) is 0.250. The molecule has 0 aliphatic carbocycles. The Hall–Kier alpha value is -3.17. The second-order valence-corrected chi connectivity index (χ2v) is 13.5. The van der Waals surface area contributed by atoms with Crippen LogP contribution in [-0.2, 0) is 20.7 Å². The number of rotatable bonds is 2. The molecule has 1 aliphatic rings. The van der Waals surface area contributed by atoms with Crippen LogP contribution in [0.5, 0.6) is 0 Å². The molecule has 0 saturated heterocycles. The minimum atomic E-state index is -3.51. The minimum absolute atomic E-state index is 0.0883. The van der Waals surface area contributed by atoms with E-state index in [-0.39, 0.29) is 10.8 Å². The van der Waals surface area contributed by atoms with Crippen LogP contribution in [0.2, 0.25) is 0 Å². The Morgan fingerprint density at radius 1 is 0.457 bits per heavy atom. The van der Waals surface area contributed by atoms with E-state index in [4.69, 9.17) is 0 Å². The number of hydrogen-bond donors (Lipinski definition) is 0. The zero-order chi connectivity index (χ0) is 25.2. The highest BCUT2D eigenvalue weighted by atomic mass is 32.2. The maximum absolute atomic E-state index is 13.3. The van der Waals surface area contributed by atoms with Crippen LogP contribution in [0.15, 0.2) is 94.7 Å². The SMILES string of the molecule is CC(C)(C)c1ccc(-c2ccc3c(c2)-c2cc(-c4ccc(C(C)(C)C)cc4)ccc2S3(=O)=O)cc1. The maximum atomic E-state index is 13.3. The summed E-state index contributed by atoms with van der Waals surface area (Å²) in [5.41, 5.74) is 8.50. The molecule has 0 saturated carbocycles. The van der Waals surface area contributed by atoms with Gasteiger partial charge in [0.15, 0.2) is 0 Å². The van der Waals surface area contributed by atoms with Gasteiger partial charge in [-0.3, -0.25) is 0 Å². The van der Waals surface area contributed by atoms with Crippen molar-refractivity contribution in [1.82, 2.24) is 0 Å². The Bertz CT molecular complexity index is 1410. The van der Waals surface area contributed by atoms with Crippen LogP contribution < -0.4 is 0 Å². The van der Waals surface area contributed by atoms with Gasteiger partial charge >= 0.3 is 0 Å². The van der Waals surface area contributed by atoms with Crippen molar-refractivity contribution >= 4 is 9.84 Å². The summed E-state index contributed by atoms with van der Waals surface area (Å²) in [6.07, 6.45) is 0. The first-order valence-corrected chi connectivity index (χ1v) is 13.6. The van der Waals surface area contributed by atoms with E-state index in [2.05, 4.69) is 90.1 Å². The summed E-state index contributed by atoms with van der Waals surface area (Å²) >= 11 is 0. The van der Waals surface area contributed by atoms with Gasteiger partial charge in [-0.05, 0) is 68.5 Å². The molecule has 2 nitrogen and oxygen atoms in total. The molecule has 0 unspecified atom stereocenters. The summed E-state index contributed by atoms with van der Waals surface area (Å²) in [4.78, 5) is 0.783. The van der Waals surface area contributed by atoms with E-state index in [1.165, 1.54) is 11.1 Å². The molecular formula is C32H32O2S. The zero-order valence-corrected chi connectivity index (χ0v) is 22.1. The molecule has 0 bridgehead atoms. The van der Waals surface area contributed by atoms with Gasteiger partial charge in [-0.15, -0.1) is 0 Å². The monoisotopic (exact) mass is 480 g/mol. The van der Waals surface area contributed by atoms with Crippen LogP contribution in [-0.4, -0.2) is 8.42 Å². The lowest BCUT2D eigenvalue weighted by Crippen LogP contribution is -2.10. The minimum Gasteiger partial charge on any atom is -0.218 e. The Morgan fingerprint density at radius 2 is 0.771 bits per heavy atom. The van der Waals surface area contributed by atoms with Crippen molar-refractivity contribution in [2.45, 2.75) is 62.2 Å². The second-order valence-electron chi connectivity index (χ2n) is 11.6. The largest absolute Gasteiger partial charge is 0.218 e. The average Bonchev–Trinajstić information content (AvgIpc) is 3.04. The quantitative estimate of drug-likeness (QED) is 0.254. The summed E-state index contributed by atoms with van der Waals surface area (Å²) in [6.45, 7) is 13.2. The van der Waals surface area contributed by atoms with Crippen LogP contribution in [0.1, 0.15) is 52.7 Å². The van der Waals surface area contributed by atoms with E-state index in [9.17, 15) is 8.42 Å². The van der Waals surface area contributed by atoms with Gasteiger partial charge in [0.05, 0.1) is 9.79 Å². The summed E-state index contributed by atoms with van der Waals surface area (Å²) in [5.74, 6) is 0. The lowest BCUT2D eigenvalue weighted by Gasteiger charge is -2.19. The fourth-order valence-corrected chi connectivity index (χ4v) is 6.40. The standard InChI is InChI=1S/C32H32O2S/c1-31(2,3)25-13-7-21(8-14-25)23-11-17-29-27(19-23)28-20-24(12-18-30(28)35(29,33)34)22-9-15-26(16-10-22)32(4,5)6/h7-20H,1-6H3. The number of fused-ring (bicyclic) bond motifs is 3. The van der Waals surface area contributed by atoms with E-state index >= 15 is 0 Å². The average molecular weight is 481 g/mol. The number of sulfone groups is 1. The molecule has 0 amide bonds. The molecule has 0 radical (unpaired) electrons. The molecule has 35 heavy (non-hydrogen) atoms. The Labute approximate surface area is 209 Å². The van der Waals surface area contributed by atoms with Crippen molar-refractivity contribution in [2.24, 2.45) is 0 Å². The van der Waals surface area contributed by atoms with Crippen molar-refractivity contribution in [3.63, 3.8) is 0 Å². The van der Waals surface area contributed by atoms with Gasteiger partial charge in [0.1, 0.15) is 0 Å². The lowest BCUT2D eigenvalue weighted by atomic mass is 9.86. The molecule has 4 aromatic rings. The van der Waals surface area contributed by atoms with Crippen LogP contribution >= 0.6 is 0 Å². The zero-order valence-electron chi connectivity index (χ0n) is 21.3. The van der Waals surface area contributed by atoms with Crippen LogP contribution in [0.25, 0.3) is 33.4 Å². The normalized spacial score (nSPS) is 14.5. The van der Waals surface area contributed by atoms with Gasteiger partial charge in [0.2, 0.25) is 9.84 Å². The molecule has 0 atom stereocenters. The molecule has 178 valence electrons. The molecule has 0 fully saturated rings. The second kappa shape index (κ2) is 7.93. The molecule has 5 rings (SSSR count). The van der Waals surface area contributed by atoms with E-state index in [1.807, 2.05) is 24.3 Å². The topological polar surface area (TPSA) is 34.1 Å². The molecule has 4 aromatic carbocycles. The molecular weight excluding hydrogens is 448 g/mol. The molecule has 0 aromatic heterocycles. The molecule has 1 heterocycles. The first kappa shape index (κ1) is 23.6. The predicted molar refractivity (Wildman–Crippen MR) is 146 cm³/mol. The third-order valence-corrected chi connectivity index (χ3v) is 8.87. The molecule has 1 aliphatic heterocycles. The van der Waals surface area contributed by atoms with Crippen molar-refractivity contribution in [3.8, 4) is 33.4 Å². The van der Waals surface area contributed by atoms with Gasteiger partial charge in [-0.1, -0.05) is 102 Å². The van der Waals surface area contributed by atoms with Gasteiger partial charge in [-0.2, -0.15) is 0 Å². The van der Waals surface area contributed by atoms with E-state index in [1.54, 1.807) is 12.1 Å². The van der Waals surface area contributed by atoms with E-state index in [0.29, 0.717) is 9.79 Å². The summed E-state index contributed by atoms with van der Waals surface area (Å²) in [6, 6.07) is 28.5. The third kappa shape index (κ3) is 4.12. The summed E-state index contributed by atoms with van der Waals surface area (Å²) in [7, 11) is -3.51. The summed E-state index contributed by atoms with van der Waals surface area (Å²) in [5, 5.41) is 0. The van der Waals surface area contributed by atoms with Gasteiger partial charge in [0.25, 0.3) is 0 Å². The fourth-order valence-electron chi connectivity index (χ4n) is 4.75. The van der Waals surface area contributed by atoms with Crippen molar-refractivity contribution in [3.05, 3.63) is 96.1 Å². The lowest BCUT2D eigenvalue weighted by molar-refractivity contribution is 0.590. The van der Waals surface area contributed by atoms with Gasteiger partial charge < -0.3 is 0 Å². The van der Waals surface area contributed by atoms with Gasteiger partial charge in [-0.25, -0.2) is 8.42 Å². The highest BCUT2D eigenvalue weighted by Gasteiger charge is 2.33. The van der Waals surface area contributed by atoms with Crippen LogP contribution in [0, 0.1) is 0 Å². The molecule has 0 N–H and O–H groups in total. The molecule has 3 heteroatoms. The van der Waals surface area contributed by atoms with E-state index in [0.717, 1.165) is 33.4 Å². The van der Waals surface area contributed by atoms with Crippen LogP contribution in [0.3, 0.4) is 0 Å². The smallest absolute Gasteiger partial charge is 0.207 e. The van der Waals surface area contributed by atoms with E-state index < -0.39 is 9.84 Å². The van der Waals surface area contributed by atoms with Crippen LogP contribution in [0.4, 0.5) is 0 Å². The Balaban J connectivity index is 1.59. The van der Waals surface area contributed by atoms with Gasteiger partial charge in [0, 0.05) is 11.1 Å². The summed E-state index contributed by atoms with van der Waals surface area (Å²) < 4.78 is 26.6.